The van der Waals surface area contributed by atoms with Crippen molar-refractivity contribution in [1.82, 2.24) is 5.32 Å². The van der Waals surface area contributed by atoms with Gasteiger partial charge < -0.3 is 5.32 Å². The third kappa shape index (κ3) is 2.87. The second-order valence-corrected chi connectivity index (χ2v) is 4.76. The molecule has 1 nitrogen and oxygen atoms in total. The van der Waals surface area contributed by atoms with Gasteiger partial charge in [0.05, 0.1) is 0 Å². The first kappa shape index (κ1) is 11.7. The summed E-state index contributed by atoms with van der Waals surface area (Å²) in [6, 6.07) is 9.18. The maximum Gasteiger partial charge on any atom is 0.0409 e. The van der Waals surface area contributed by atoms with Crippen LogP contribution in [0.2, 0.25) is 5.02 Å². The van der Waals surface area contributed by atoms with E-state index in [4.69, 9.17) is 11.6 Å². The number of hydrogen-bond donors (Lipinski definition) is 1. The lowest BCUT2D eigenvalue weighted by atomic mass is 10.0. The van der Waals surface area contributed by atoms with Gasteiger partial charge >= 0.3 is 0 Å². The van der Waals surface area contributed by atoms with E-state index in [-0.39, 0.29) is 0 Å². The maximum absolute atomic E-state index is 6.02. The smallest absolute Gasteiger partial charge is 0.0409 e. The van der Waals surface area contributed by atoms with Crippen LogP contribution in [0.25, 0.3) is 0 Å². The van der Waals surface area contributed by atoms with E-state index < -0.39 is 0 Å². The second-order valence-electron chi connectivity index (χ2n) is 4.32. The molecule has 16 heavy (non-hydrogen) atoms. The summed E-state index contributed by atoms with van der Waals surface area (Å²) in [5.74, 6) is 0. The minimum absolute atomic E-state index is 0.420. The molecule has 0 fully saturated rings. The van der Waals surface area contributed by atoms with E-state index in [1.165, 1.54) is 5.56 Å². The average Bonchev–Trinajstić information content (AvgIpc) is 2.78. The van der Waals surface area contributed by atoms with Crippen molar-refractivity contribution in [2.45, 2.75) is 38.3 Å². The summed E-state index contributed by atoms with van der Waals surface area (Å²) >= 11 is 6.02. The summed E-state index contributed by atoms with van der Waals surface area (Å²) in [4.78, 5) is 0. The molecule has 1 unspecified atom stereocenters. The van der Waals surface area contributed by atoms with Crippen LogP contribution in [0.3, 0.4) is 0 Å². The molecule has 86 valence electrons. The Kier molecular flexibility index (Phi) is 4.03. The van der Waals surface area contributed by atoms with Gasteiger partial charge in [-0.05, 0) is 37.0 Å². The van der Waals surface area contributed by atoms with E-state index in [0.717, 1.165) is 24.3 Å². The zero-order chi connectivity index (χ0) is 11.4. The largest absolute Gasteiger partial charge is 0.307 e. The van der Waals surface area contributed by atoms with Crippen LogP contribution in [0.15, 0.2) is 36.4 Å². The monoisotopic (exact) mass is 235 g/mol. The zero-order valence-corrected chi connectivity index (χ0v) is 10.4. The van der Waals surface area contributed by atoms with Gasteiger partial charge in [0.25, 0.3) is 0 Å². The molecule has 1 aromatic carbocycles. The third-order valence-corrected chi connectivity index (χ3v) is 3.34. The molecule has 0 aromatic heterocycles. The topological polar surface area (TPSA) is 12.0 Å². The van der Waals surface area contributed by atoms with Crippen molar-refractivity contribution in [3.05, 3.63) is 47.0 Å². The number of halogens is 1. The fourth-order valence-electron chi connectivity index (χ4n) is 2.21. The molecule has 0 aliphatic heterocycles. The van der Waals surface area contributed by atoms with Gasteiger partial charge in [-0.15, -0.1) is 0 Å². The molecule has 1 N–H and O–H groups in total. The standard InChI is InChI=1S/C14H18ClN/c1-2-14(16-13-8-3-4-9-13)11-6-5-7-12(15)10-11/h3-7,10,13-14,16H,2,8-9H2,1H3. The van der Waals surface area contributed by atoms with Gasteiger partial charge in [0.2, 0.25) is 0 Å². The van der Waals surface area contributed by atoms with Gasteiger partial charge in [0.15, 0.2) is 0 Å². The van der Waals surface area contributed by atoms with Crippen molar-refractivity contribution < 1.29 is 0 Å². The Bertz CT molecular complexity index is 365. The first-order valence-corrected chi connectivity index (χ1v) is 6.34. The van der Waals surface area contributed by atoms with Crippen molar-refractivity contribution in [3.8, 4) is 0 Å². The highest BCUT2D eigenvalue weighted by atomic mass is 35.5. The lowest BCUT2D eigenvalue weighted by Gasteiger charge is -2.22. The van der Waals surface area contributed by atoms with Crippen LogP contribution >= 0.6 is 11.6 Å². The minimum atomic E-state index is 0.420. The SMILES string of the molecule is CCC(NC1CC=CC1)c1cccc(Cl)c1. The lowest BCUT2D eigenvalue weighted by Crippen LogP contribution is -2.30. The van der Waals surface area contributed by atoms with Gasteiger partial charge in [-0.1, -0.05) is 42.8 Å². The van der Waals surface area contributed by atoms with Gasteiger partial charge in [-0.3, -0.25) is 0 Å². The van der Waals surface area contributed by atoms with E-state index >= 15 is 0 Å². The van der Waals surface area contributed by atoms with Crippen LogP contribution in [0.1, 0.15) is 37.8 Å². The first-order chi connectivity index (χ1) is 7.79. The molecule has 0 spiro atoms. The van der Waals surface area contributed by atoms with Crippen LogP contribution in [0, 0.1) is 0 Å². The van der Waals surface area contributed by atoms with Crippen molar-refractivity contribution in [2.24, 2.45) is 0 Å². The molecule has 1 aromatic rings. The summed E-state index contributed by atoms with van der Waals surface area (Å²) < 4.78 is 0. The molecule has 0 amide bonds. The van der Waals surface area contributed by atoms with E-state index in [1.807, 2.05) is 12.1 Å². The highest BCUT2D eigenvalue weighted by Gasteiger charge is 2.16. The Morgan fingerprint density at radius 3 is 2.75 bits per heavy atom. The van der Waals surface area contributed by atoms with E-state index in [0.29, 0.717) is 12.1 Å². The molecule has 1 aliphatic carbocycles. The molecule has 0 heterocycles. The predicted molar refractivity (Wildman–Crippen MR) is 69.8 cm³/mol. The Morgan fingerprint density at radius 2 is 2.12 bits per heavy atom. The Labute approximate surface area is 103 Å². The van der Waals surface area contributed by atoms with Gasteiger partial charge in [-0.25, -0.2) is 0 Å². The highest BCUT2D eigenvalue weighted by Crippen LogP contribution is 2.23. The zero-order valence-electron chi connectivity index (χ0n) is 9.62. The quantitative estimate of drug-likeness (QED) is 0.775. The van der Waals surface area contributed by atoms with Gasteiger partial charge in [0, 0.05) is 17.1 Å². The summed E-state index contributed by atoms with van der Waals surface area (Å²) in [6.07, 6.45) is 7.90. The summed E-state index contributed by atoms with van der Waals surface area (Å²) in [6.45, 7) is 2.21. The average molecular weight is 236 g/mol. The van der Waals surface area contributed by atoms with Crippen LogP contribution in [0.4, 0.5) is 0 Å². The van der Waals surface area contributed by atoms with Gasteiger partial charge in [-0.2, -0.15) is 0 Å². The molecule has 1 atom stereocenters. The van der Waals surface area contributed by atoms with E-state index in [9.17, 15) is 0 Å². The number of nitrogens with one attached hydrogen (secondary N) is 1. The fourth-order valence-corrected chi connectivity index (χ4v) is 2.41. The van der Waals surface area contributed by atoms with Crippen LogP contribution in [-0.2, 0) is 0 Å². The number of benzene rings is 1. The van der Waals surface area contributed by atoms with Gasteiger partial charge in [0.1, 0.15) is 0 Å². The molecule has 1 aliphatic rings. The molecule has 2 rings (SSSR count). The number of rotatable bonds is 4. The van der Waals surface area contributed by atoms with E-state index in [1.54, 1.807) is 0 Å². The van der Waals surface area contributed by atoms with Crippen LogP contribution in [0.5, 0.6) is 0 Å². The molecule has 2 heteroatoms. The maximum atomic E-state index is 6.02. The lowest BCUT2D eigenvalue weighted by molar-refractivity contribution is 0.438. The Hall–Kier alpha value is -0.790. The summed E-state index contributed by atoms with van der Waals surface area (Å²) in [5, 5.41) is 4.51. The predicted octanol–water partition coefficient (Wildman–Crippen LogP) is 4.10. The summed E-state index contributed by atoms with van der Waals surface area (Å²) in [5.41, 5.74) is 1.29. The highest BCUT2D eigenvalue weighted by molar-refractivity contribution is 6.30. The van der Waals surface area contributed by atoms with Crippen molar-refractivity contribution >= 4 is 11.6 Å². The minimum Gasteiger partial charge on any atom is -0.307 e. The molecule has 0 bridgehead atoms. The molecule has 0 radical (unpaired) electrons. The van der Waals surface area contributed by atoms with Crippen molar-refractivity contribution in [2.75, 3.05) is 0 Å². The number of hydrogen-bond acceptors (Lipinski definition) is 1. The molecular weight excluding hydrogens is 218 g/mol. The normalized spacial score (nSPS) is 17.9. The van der Waals surface area contributed by atoms with Crippen molar-refractivity contribution in [3.63, 3.8) is 0 Å². The Morgan fingerprint density at radius 1 is 1.38 bits per heavy atom. The van der Waals surface area contributed by atoms with E-state index in [2.05, 4.69) is 36.5 Å². The second kappa shape index (κ2) is 5.51. The van der Waals surface area contributed by atoms with Crippen molar-refractivity contribution in [1.29, 1.82) is 0 Å². The molecule has 0 saturated carbocycles. The fraction of sp³-hybridized carbons (Fsp3) is 0.429. The van der Waals surface area contributed by atoms with Crippen LogP contribution in [-0.4, -0.2) is 6.04 Å². The Balaban J connectivity index is 2.04. The molecule has 0 saturated heterocycles. The first-order valence-electron chi connectivity index (χ1n) is 5.96. The molecular formula is C14H18ClN. The summed E-state index contributed by atoms with van der Waals surface area (Å²) in [7, 11) is 0. The third-order valence-electron chi connectivity index (χ3n) is 3.10. The van der Waals surface area contributed by atoms with Crippen LogP contribution < -0.4 is 5.32 Å².